The summed E-state index contributed by atoms with van der Waals surface area (Å²) in [5, 5.41) is 26.0. The summed E-state index contributed by atoms with van der Waals surface area (Å²) in [6.45, 7) is 1.84. The van der Waals surface area contributed by atoms with Crippen LogP contribution in [0.5, 0.6) is 5.75 Å². The Bertz CT molecular complexity index is 562. The minimum atomic E-state index is -1.55. The Morgan fingerprint density at radius 2 is 2.21 bits per heavy atom. The molecule has 0 amide bonds. The van der Waals surface area contributed by atoms with E-state index in [0.29, 0.717) is 22.1 Å². The SMILES string of the molecule is COc1ccc(CSc2n[nH]c(C)n2)cc1B(O)O. The highest BCUT2D eigenvalue weighted by Crippen LogP contribution is 2.20. The number of thioether (sulfide) groups is 1. The van der Waals surface area contributed by atoms with E-state index in [1.54, 1.807) is 12.1 Å². The van der Waals surface area contributed by atoms with Crippen molar-refractivity contribution < 1.29 is 14.8 Å². The molecular formula is C11H14BN3O3S. The van der Waals surface area contributed by atoms with E-state index in [0.717, 1.165) is 11.4 Å². The molecule has 100 valence electrons. The minimum absolute atomic E-state index is 0.353. The van der Waals surface area contributed by atoms with Crippen LogP contribution in [0.1, 0.15) is 11.4 Å². The first-order chi connectivity index (χ1) is 9.10. The topological polar surface area (TPSA) is 91.3 Å². The molecule has 0 bridgehead atoms. The fraction of sp³-hybridized carbons (Fsp3) is 0.273. The van der Waals surface area contributed by atoms with E-state index in [1.807, 2.05) is 13.0 Å². The van der Waals surface area contributed by atoms with E-state index in [2.05, 4.69) is 15.2 Å². The van der Waals surface area contributed by atoms with E-state index in [-0.39, 0.29) is 0 Å². The van der Waals surface area contributed by atoms with Gasteiger partial charge in [-0.3, -0.25) is 5.10 Å². The van der Waals surface area contributed by atoms with Crippen LogP contribution < -0.4 is 10.2 Å². The summed E-state index contributed by atoms with van der Waals surface area (Å²) in [6.07, 6.45) is 0. The molecule has 3 N–H and O–H groups in total. The van der Waals surface area contributed by atoms with Gasteiger partial charge in [0.2, 0.25) is 5.16 Å². The van der Waals surface area contributed by atoms with E-state index < -0.39 is 7.12 Å². The smallest absolute Gasteiger partial charge is 0.492 e. The first-order valence-electron chi connectivity index (χ1n) is 5.65. The molecule has 0 spiro atoms. The van der Waals surface area contributed by atoms with Gasteiger partial charge in [0, 0.05) is 11.2 Å². The van der Waals surface area contributed by atoms with Crippen molar-refractivity contribution in [1.82, 2.24) is 15.2 Å². The Balaban J connectivity index is 2.10. The number of aromatic amines is 1. The van der Waals surface area contributed by atoms with Crippen molar-refractivity contribution in [2.75, 3.05) is 7.11 Å². The highest BCUT2D eigenvalue weighted by molar-refractivity contribution is 7.98. The lowest BCUT2D eigenvalue weighted by molar-refractivity contribution is 0.403. The van der Waals surface area contributed by atoms with Crippen molar-refractivity contribution in [3.05, 3.63) is 29.6 Å². The standard InChI is InChI=1S/C11H14BN3O3S/c1-7-13-11(15-14-7)19-6-8-3-4-10(18-2)9(5-8)12(16)17/h3-5,16-17H,6H2,1-2H3,(H,13,14,15). The molecule has 6 nitrogen and oxygen atoms in total. The van der Waals surface area contributed by atoms with Gasteiger partial charge in [0.05, 0.1) is 7.11 Å². The van der Waals surface area contributed by atoms with Crippen LogP contribution in [0.2, 0.25) is 0 Å². The Hall–Kier alpha value is -1.51. The second-order valence-corrected chi connectivity index (χ2v) is 4.88. The van der Waals surface area contributed by atoms with Crippen LogP contribution in [0.3, 0.4) is 0 Å². The molecule has 1 aromatic heterocycles. The maximum Gasteiger partial charge on any atom is 0.492 e. The molecule has 0 radical (unpaired) electrons. The van der Waals surface area contributed by atoms with Crippen molar-refractivity contribution in [1.29, 1.82) is 0 Å². The lowest BCUT2D eigenvalue weighted by Gasteiger charge is -2.09. The summed E-state index contributed by atoms with van der Waals surface area (Å²) in [5.74, 6) is 1.86. The van der Waals surface area contributed by atoms with E-state index in [1.165, 1.54) is 18.9 Å². The van der Waals surface area contributed by atoms with Gasteiger partial charge >= 0.3 is 7.12 Å². The highest BCUT2D eigenvalue weighted by atomic mass is 32.2. The molecule has 0 saturated heterocycles. The maximum atomic E-state index is 9.29. The molecule has 0 unspecified atom stereocenters. The second-order valence-electron chi connectivity index (χ2n) is 3.94. The Morgan fingerprint density at radius 1 is 1.42 bits per heavy atom. The summed E-state index contributed by atoms with van der Waals surface area (Å²) in [6, 6.07) is 5.29. The van der Waals surface area contributed by atoms with Crippen molar-refractivity contribution in [3.8, 4) is 5.75 Å². The van der Waals surface area contributed by atoms with Crippen LogP contribution in [0.4, 0.5) is 0 Å². The number of hydrogen-bond acceptors (Lipinski definition) is 6. The quantitative estimate of drug-likeness (QED) is 0.531. The minimum Gasteiger partial charge on any atom is -0.497 e. The number of ether oxygens (including phenoxy) is 1. The first-order valence-corrected chi connectivity index (χ1v) is 6.63. The number of aromatic nitrogens is 3. The molecule has 2 rings (SSSR count). The van der Waals surface area contributed by atoms with Gasteiger partial charge in [-0.1, -0.05) is 23.9 Å². The van der Waals surface area contributed by atoms with Gasteiger partial charge < -0.3 is 14.8 Å². The number of hydrogen-bond donors (Lipinski definition) is 3. The zero-order chi connectivity index (χ0) is 13.8. The lowest BCUT2D eigenvalue weighted by Crippen LogP contribution is -2.31. The van der Waals surface area contributed by atoms with E-state index >= 15 is 0 Å². The fourth-order valence-corrected chi connectivity index (χ4v) is 2.40. The molecule has 0 saturated carbocycles. The van der Waals surface area contributed by atoms with Crippen LogP contribution in [-0.2, 0) is 5.75 Å². The van der Waals surface area contributed by atoms with Crippen LogP contribution in [0.15, 0.2) is 23.4 Å². The van der Waals surface area contributed by atoms with Crippen LogP contribution in [0, 0.1) is 6.92 Å². The molecule has 19 heavy (non-hydrogen) atoms. The maximum absolute atomic E-state index is 9.29. The molecule has 0 aliphatic rings. The Labute approximate surface area is 115 Å². The molecule has 8 heteroatoms. The predicted octanol–water partition coefficient (Wildman–Crippen LogP) is 0.0938. The largest absolute Gasteiger partial charge is 0.497 e. The van der Waals surface area contributed by atoms with Gasteiger partial charge in [0.15, 0.2) is 0 Å². The van der Waals surface area contributed by atoms with Gasteiger partial charge in [0.1, 0.15) is 11.6 Å². The molecule has 0 fully saturated rings. The van der Waals surface area contributed by atoms with Crippen LogP contribution in [0.25, 0.3) is 0 Å². The number of nitrogens with one attached hydrogen (secondary N) is 1. The number of rotatable bonds is 5. The third-order valence-electron chi connectivity index (χ3n) is 2.52. The zero-order valence-electron chi connectivity index (χ0n) is 10.6. The molecule has 1 heterocycles. The normalized spacial score (nSPS) is 10.5. The van der Waals surface area contributed by atoms with Crippen molar-refractivity contribution in [2.45, 2.75) is 17.8 Å². The van der Waals surface area contributed by atoms with Gasteiger partial charge in [-0.05, 0) is 18.6 Å². The first kappa shape index (κ1) is 13.9. The number of H-pyrrole nitrogens is 1. The zero-order valence-corrected chi connectivity index (χ0v) is 11.4. The third kappa shape index (κ3) is 3.49. The van der Waals surface area contributed by atoms with Gasteiger partial charge in [-0.25, -0.2) is 4.98 Å². The molecule has 1 aromatic carbocycles. The molecule has 2 aromatic rings. The molecule has 0 aliphatic carbocycles. The van der Waals surface area contributed by atoms with Gasteiger partial charge in [-0.15, -0.1) is 5.10 Å². The van der Waals surface area contributed by atoms with Crippen molar-refractivity contribution in [2.24, 2.45) is 0 Å². The lowest BCUT2D eigenvalue weighted by atomic mass is 9.79. The summed E-state index contributed by atoms with van der Waals surface area (Å²) >= 11 is 1.47. The van der Waals surface area contributed by atoms with Crippen molar-refractivity contribution in [3.63, 3.8) is 0 Å². The van der Waals surface area contributed by atoms with Crippen molar-refractivity contribution >= 4 is 24.3 Å². The summed E-state index contributed by atoms with van der Waals surface area (Å²) in [5.41, 5.74) is 1.29. The Kier molecular flexibility index (Phi) is 4.46. The average molecular weight is 279 g/mol. The van der Waals surface area contributed by atoms with E-state index in [4.69, 9.17) is 4.74 Å². The van der Waals surface area contributed by atoms with Crippen LogP contribution >= 0.6 is 11.8 Å². The number of aryl methyl sites for hydroxylation is 1. The number of nitrogens with zero attached hydrogens (tertiary/aromatic N) is 2. The van der Waals surface area contributed by atoms with Gasteiger partial charge in [0.25, 0.3) is 0 Å². The molecule has 0 aliphatic heterocycles. The summed E-state index contributed by atoms with van der Waals surface area (Å²) in [7, 11) is -0.0582. The van der Waals surface area contributed by atoms with Crippen LogP contribution in [-0.4, -0.2) is 39.5 Å². The molecular weight excluding hydrogens is 265 g/mol. The fourth-order valence-electron chi connectivity index (χ4n) is 1.61. The average Bonchev–Trinajstić information content (AvgIpc) is 2.81. The monoisotopic (exact) mass is 279 g/mol. The second kappa shape index (κ2) is 6.09. The Morgan fingerprint density at radius 3 is 2.79 bits per heavy atom. The van der Waals surface area contributed by atoms with E-state index in [9.17, 15) is 10.0 Å². The third-order valence-corrected chi connectivity index (χ3v) is 3.44. The predicted molar refractivity (Wildman–Crippen MR) is 73.5 cm³/mol. The molecule has 0 atom stereocenters. The summed E-state index contributed by atoms with van der Waals surface area (Å²) < 4.78 is 5.07. The number of methoxy groups -OCH3 is 1. The highest BCUT2D eigenvalue weighted by Gasteiger charge is 2.17. The van der Waals surface area contributed by atoms with Gasteiger partial charge in [-0.2, -0.15) is 0 Å². The summed E-state index contributed by atoms with van der Waals surface area (Å²) in [4.78, 5) is 4.19. The number of benzene rings is 1.